The van der Waals surface area contributed by atoms with Crippen LogP contribution in [0.2, 0.25) is 0 Å². The van der Waals surface area contributed by atoms with Crippen LogP contribution in [-0.2, 0) is 28.7 Å². The third kappa shape index (κ3) is 4.51. The molecule has 1 aliphatic carbocycles. The first-order valence-corrected chi connectivity index (χ1v) is 11.3. The molecule has 0 fully saturated rings. The quantitative estimate of drug-likeness (QED) is 0.437. The van der Waals surface area contributed by atoms with E-state index in [1.54, 1.807) is 33.7 Å². The number of carbonyl (C=O) groups is 4. The molecule has 32 heavy (non-hydrogen) atoms. The average Bonchev–Trinajstić information content (AvgIpc) is 3.50. The summed E-state index contributed by atoms with van der Waals surface area (Å²) in [6, 6.07) is 3.30. The summed E-state index contributed by atoms with van der Waals surface area (Å²) >= 11 is 2.61. The molecule has 0 radical (unpaired) electrons. The lowest BCUT2D eigenvalue weighted by molar-refractivity contribution is -0.142. The van der Waals surface area contributed by atoms with E-state index >= 15 is 0 Å². The molecule has 0 saturated carbocycles. The standard InChI is InChI=1S/C22H20O8S2/c1-29-15(23)7-13(11-3-5-31-9-11)17-19(25)21(27)18(22(28)20(17)26)14(8-16(24)30-2)12-4-6-32-10-12/h3-6,9-10,13-14,25,28H,7-8H2,1-2H3/t13-,14-/m1/s1. The summed E-state index contributed by atoms with van der Waals surface area (Å²) in [6.45, 7) is 0. The third-order valence-electron chi connectivity index (χ3n) is 5.21. The number of methoxy groups -OCH3 is 2. The number of carbonyl (C=O) groups excluding carboxylic acids is 4. The van der Waals surface area contributed by atoms with Gasteiger partial charge in [0, 0.05) is 11.8 Å². The molecule has 168 valence electrons. The number of thiophene rings is 2. The number of esters is 2. The Bertz CT molecular complexity index is 1000. The number of aliphatic hydroxyl groups is 2. The van der Waals surface area contributed by atoms with Crippen LogP contribution >= 0.6 is 22.7 Å². The molecule has 0 unspecified atom stereocenters. The topological polar surface area (TPSA) is 127 Å². The number of ketones is 2. The Kier molecular flexibility index (Phi) is 7.26. The molecule has 10 heteroatoms. The van der Waals surface area contributed by atoms with Crippen LogP contribution in [0.4, 0.5) is 0 Å². The zero-order valence-corrected chi connectivity index (χ0v) is 18.8. The van der Waals surface area contributed by atoms with Crippen LogP contribution in [-0.4, -0.2) is 47.9 Å². The largest absolute Gasteiger partial charge is 0.504 e. The van der Waals surface area contributed by atoms with Gasteiger partial charge in [0.05, 0.1) is 38.2 Å². The second kappa shape index (κ2) is 9.92. The third-order valence-corrected chi connectivity index (χ3v) is 6.62. The first-order chi connectivity index (χ1) is 15.3. The maximum atomic E-state index is 13.2. The fourth-order valence-corrected chi connectivity index (χ4v) is 5.01. The minimum atomic E-state index is -0.992. The fraction of sp³-hybridized carbons (Fsp3) is 0.273. The lowest BCUT2D eigenvalue weighted by Gasteiger charge is -2.26. The van der Waals surface area contributed by atoms with Crippen LogP contribution < -0.4 is 0 Å². The van der Waals surface area contributed by atoms with Crippen molar-refractivity contribution in [1.82, 2.24) is 0 Å². The van der Waals surface area contributed by atoms with Crippen molar-refractivity contribution in [1.29, 1.82) is 0 Å². The molecule has 3 rings (SSSR count). The number of hydrogen-bond acceptors (Lipinski definition) is 10. The normalized spacial score (nSPS) is 16.2. The maximum Gasteiger partial charge on any atom is 0.306 e. The van der Waals surface area contributed by atoms with Gasteiger partial charge >= 0.3 is 11.9 Å². The van der Waals surface area contributed by atoms with Crippen LogP contribution in [0.3, 0.4) is 0 Å². The lowest BCUT2D eigenvalue weighted by atomic mass is 9.76. The number of rotatable bonds is 8. The van der Waals surface area contributed by atoms with Crippen molar-refractivity contribution < 1.29 is 38.9 Å². The van der Waals surface area contributed by atoms with E-state index in [0.29, 0.717) is 11.1 Å². The monoisotopic (exact) mass is 476 g/mol. The molecule has 0 aliphatic heterocycles. The van der Waals surface area contributed by atoms with Gasteiger partial charge in [-0.15, -0.1) is 0 Å². The fourth-order valence-electron chi connectivity index (χ4n) is 3.58. The van der Waals surface area contributed by atoms with Gasteiger partial charge in [0.2, 0.25) is 11.6 Å². The Labute approximate surface area is 191 Å². The summed E-state index contributed by atoms with van der Waals surface area (Å²) in [7, 11) is 2.37. The van der Waals surface area contributed by atoms with Crippen molar-refractivity contribution >= 4 is 46.2 Å². The van der Waals surface area contributed by atoms with Crippen LogP contribution in [0.5, 0.6) is 0 Å². The van der Waals surface area contributed by atoms with Gasteiger partial charge in [-0.25, -0.2) is 0 Å². The zero-order chi connectivity index (χ0) is 23.4. The predicted molar refractivity (Wildman–Crippen MR) is 117 cm³/mol. The van der Waals surface area contributed by atoms with Crippen LogP contribution in [0.25, 0.3) is 0 Å². The highest BCUT2D eigenvalue weighted by molar-refractivity contribution is 7.08. The molecule has 2 aromatic heterocycles. The Morgan fingerprint density at radius 2 is 1.19 bits per heavy atom. The molecule has 2 atom stereocenters. The minimum Gasteiger partial charge on any atom is -0.504 e. The van der Waals surface area contributed by atoms with Gasteiger partial charge in [0.15, 0.2) is 11.5 Å². The molecule has 2 N–H and O–H groups in total. The van der Waals surface area contributed by atoms with Gasteiger partial charge in [-0.1, -0.05) is 0 Å². The Morgan fingerprint density at radius 3 is 1.47 bits per heavy atom. The number of ether oxygens (including phenoxy) is 2. The first kappa shape index (κ1) is 23.4. The van der Waals surface area contributed by atoms with Crippen molar-refractivity contribution in [2.24, 2.45) is 0 Å². The summed E-state index contributed by atoms with van der Waals surface area (Å²) in [5.41, 5.74) is 0.260. The van der Waals surface area contributed by atoms with Crippen molar-refractivity contribution in [2.45, 2.75) is 24.7 Å². The Balaban J connectivity index is 2.09. The van der Waals surface area contributed by atoms with Gasteiger partial charge in [0.25, 0.3) is 0 Å². The van der Waals surface area contributed by atoms with E-state index in [4.69, 9.17) is 9.47 Å². The summed E-state index contributed by atoms with van der Waals surface area (Å²) < 4.78 is 9.39. The summed E-state index contributed by atoms with van der Waals surface area (Å²) in [5, 5.41) is 28.4. The van der Waals surface area contributed by atoms with E-state index in [1.165, 1.54) is 36.9 Å². The summed E-state index contributed by atoms with van der Waals surface area (Å²) in [5.74, 6) is -7.00. The molecule has 0 spiro atoms. The minimum absolute atomic E-state index is 0.315. The molecule has 1 aliphatic rings. The highest BCUT2D eigenvalue weighted by Gasteiger charge is 2.43. The van der Waals surface area contributed by atoms with Gasteiger partial charge in [-0.05, 0) is 44.8 Å². The van der Waals surface area contributed by atoms with Gasteiger partial charge in [-0.2, -0.15) is 22.7 Å². The highest BCUT2D eigenvalue weighted by atomic mass is 32.1. The summed E-state index contributed by atoms with van der Waals surface area (Å²) in [6.07, 6.45) is -0.630. The molecule has 0 amide bonds. The number of hydrogen-bond donors (Lipinski definition) is 2. The van der Waals surface area contributed by atoms with Gasteiger partial charge < -0.3 is 19.7 Å². The second-order valence-electron chi connectivity index (χ2n) is 6.96. The first-order valence-electron chi connectivity index (χ1n) is 9.43. The number of Topliss-reactive ketones (excluding diaryl/α,β-unsaturated/α-hetero) is 2. The van der Waals surface area contributed by atoms with E-state index in [9.17, 15) is 29.4 Å². The summed E-state index contributed by atoms with van der Waals surface area (Å²) in [4.78, 5) is 50.3. The molecular weight excluding hydrogens is 456 g/mol. The van der Waals surface area contributed by atoms with Gasteiger partial charge in [0.1, 0.15) is 0 Å². The Morgan fingerprint density at radius 1 is 0.812 bits per heavy atom. The molecular formula is C22H20O8S2. The Hall–Kier alpha value is -3.24. The predicted octanol–water partition coefficient (Wildman–Crippen LogP) is 3.58. The highest BCUT2D eigenvalue weighted by Crippen LogP contribution is 2.41. The van der Waals surface area contributed by atoms with Gasteiger partial charge in [-0.3, -0.25) is 19.2 Å². The average molecular weight is 477 g/mol. The second-order valence-corrected chi connectivity index (χ2v) is 8.52. The SMILES string of the molecule is COC(=O)C[C@@H](C1=C(O)C(=O)C([C@H](CC(=O)OC)c2ccsc2)=C(O)C1=O)c1ccsc1. The zero-order valence-electron chi connectivity index (χ0n) is 17.2. The molecule has 2 aromatic rings. The molecule has 0 bridgehead atoms. The number of allylic oxidation sites excluding steroid dienone is 2. The maximum absolute atomic E-state index is 13.2. The molecule has 2 heterocycles. The van der Waals surface area contributed by atoms with Crippen LogP contribution in [0, 0.1) is 0 Å². The smallest absolute Gasteiger partial charge is 0.306 e. The van der Waals surface area contributed by atoms with E-state index in [2.05, 4.69) is 0 Å². The van der Waals surface area contributed by atoms with E-state index in [0.717, 1.165) is 0 Å². The van der Waals surface area contributed by atoms with Crippen LogP contribution in [0.1, 0.15) is 35.8 Å². The van der Waals surface area contributed by atoms with Crippen LogP contribution in [0.15, 0.2) is 56.3 Å². The molecule has 0 aromatic carbocycles. The van der Waals surface area contributed by atoms with E-state index in [-0.39, 0.29) is 24.0 Å². The van der Waals surface area contributed by atoms with Crippen molar-refractivity contribution in [3.05, 3.63) is 67.4 Å². The van der Waals surface area contributed by atoms with E-state index < -0.39 is 46.9 Å². The van der Waals surface area contributed by atoms with Crippen molar-refractivity contribution in [3.8, 4) is 0 Å². The van der Waals surface area contributed by atoms with Crippen molar-refractivity contribution in [3.63, 3.8) is 0 Å². The van der Waals surface area contributed by atoms with E-state index in [1.807, 2.05) is 0 Å². The molecule has 0 saturated heterocycles. The number of aliphatic hydroxyl groups excluding tert-OH is 2. The molecule has 8 nitrogen and oxygen atoms in total. The lowest BCUT2D eigenvalue weighted by Crippen LogP contribution is -2.31. The van der Waals surface area contributed by atoms with Crippen molar-refractivity contribution in [2.75, 3.05) is 14.2 Å².